The Labute approximate surface area is 160 Å². The molecule has 1 aliphatic rings. The van der Waals surface area contributed by atoms with E-state index in [4.69, 9.17) is 28.3 Å². The molecular formula is C20H25Cl2N2P. The van der Waals surface area contributed by atoms with E-state index in [9.17, 15) is 0 Å². The molecule has 0 atom stereocenters. The van der Waals surface area contributed by atoms with Gasteiger partial charge in [-0.05, 0) is 81.4 Å². The van der Waals surface area contributed by atoms with Gasteiger partial charge in [0.05, 0.1) is 11.4 Å². The maximum absolute atomic E-state index is 6.67. The van der Waals surface area contributed by atoms with Crippen LogP contribution in [-0.2, 0) is 12.8 Å². The van der Waals surface area contributed by atoms with Crippen molar-refractivity contribution in [1.29, 1.82) is 0 Å². The van der Waals surface area contributed by atoms with Crippen LogP contribution in [0.15, 0.2) is 17.4 Å². The first-order valence-corrected chi connectivity index (χ1v) is 12.2. The third kappa shape index (κ3) is 3.77. The van der Waals surface area contributed by atoms with E-state index in [2.05, 4.69) is 45.6 Å². The highest BCUT2D eigenvalue weighted by Crippen LogP contribution is 2.46. The summed E-state index contributed by atoms with van der Waals surface area (Å²) in [6, 6.07) is 4.10. The predicted octanol–water partition coefficient (Wildman–Crippen LogP) is 6.44. The lowest BCUT2D eigenvalue weighted by atomic mass is 9.98. The lowest BCUT2D eigenvalue weighted by molar-refractivity contribution is 0.671. The monoisotopic (exact) mass is 394 g/mol. The van der Waals surface area contributed by atoms with Crippen LogP contribution in [0.2, 0.25) is 10.2 Å². The first-order valence-electron chi connectivity index (χ1n) is 8.62. The third-order valence-electron chi connectivity index (χ3n) is 4.96. The van der Waals surface area contributed by atoms with Gasteiger partial charge in [0.1, 0.15) is 5.15 Å². The summed E-state index contributed by atoms with van der Waals surface area (Å²) >= 11 is 13.2. The second-order valence-electron chi connectivity index (χ2n) is 7.47. The highest BCUT2D eigenvalue weighted by Gasteiger charge is 2.21. The molecule has 1 aliphatic carbocycles. The summed E-state index contributed by atoms with van der Waals surface area (Å²) < 4.78 is 1.89. The van der Waals surface area contributed by atoms with Crippen molar-refractivity contribution >= 4 is 42.5 Å². The van der Waals surface area contributed by atoms with Gasteiger partial charge in [-0.15, -0.1) is 0 Å². The summed E-state index contributed by atoms with van der Waals surface area (Å²) in [4.78, 5) is 0. The number of fused-ring (bicyclic) bond motifs is 1. The first kappa shape index (κ1) is 18.8. The molecule has 2 nitrogen and oxygen atoms in total. The van der Waals surface area contributed by atoms with Crippen LogP contribution >= 0.6 is 30.1 Å². The minimum atomic E-state index is -1.30. The van der Waals surface area contributed by atoms with E-state index in [1.807, 2.05) is 10.7 Å². The fourth-order valence-corrected chi connectivity index (χ4v) is 4.18. The average molecular weight is 395 g/mol. The molecule has 1 aromatic heterocycles. The van der Waals surface area contributed by atoms with E-state index in [1.165, 1.54) is 23.7 Å². The molecule has 0 amide bonds. The molecule has 0 radical (unpaired) electrons. The molecule has 134 valence electrons. The van der Waals surface area contributed by atoms with Crippen molar-refractivity contribution in [3.8, 4) is 5.69 Å². The summed E-state index contributed by atoms with van der Waals surface area (Å²) in [5.74, 6) is 0. The van der Waals surface area contributed by atoms with Crippen LogP contribution in [0.4, 0.5) is 0 Å². The van der Waals surface area contributed by atoms with Crippen molar-refractivity contribution in [2.75, 3.05) is 13.3 Å². The zero-order valence-corrected chi connectivity index (χ0v) is 17.8. The van der Waals surface area contributed by atoms with Gasteiger partial charge in [-0.25, -0.2) is 4.68 Å². The highest BCUT2D eigenvalue weighted by molar-refractivity contribution is 7.76. The van der Waals surface area contributed by atoms with Crippen molar-refractivity contribution in [3.63, 3.8) is 0 Å². The summed E-state index contributed by atoms with van der Waals surface area (Å²) in [5.41, 5.74) is 5.43. The SMILES string of the molecule is C=P(C)(C)C(C)=Cc1cc(-n2nc3c(c2Cl)CCCC3)c(C)cc1Cl. The third-order valence-corrected chi connectivity index (χ3v) is 7.71. The molecular weight excluding hydrogens is 370 g/mol. The highest BCUT2D eigenvalue weighted by atomic mass is 35.5. The minimum absolute atomic E-state index is 0.747. The molecule has 25 heavy (non-hydrogen) atoms. The quantitative estimate of drug-likeness (QED) is 0.547. The van der Waals surface area contributed by atoms with E-state index >= 15 is 0 Å². The fourth-order valence-electron chi connectivity index (χ4n) is 3.09. The Morgan fingerprint density at radius 3 is 2.56 bits per heavy atom. The summed E-state index contributed by atoms with van der Waals surface area (Å²) in [7, 11) is 0. The lowest BCUT2D eigenvalue weighted by Gasteiger charge is -2.15. The Balaban J connectivity index is 2.14. The number of hydrogen-bond acceptors (Lipinski definition) is 1. The number of aromatic nitrogens is 2. The van der Waals surface area contributed by atoms with Gasteiger partial charge in [0, 0.05) is 10.6 Å². The molecule has 2 aromatic rings. The second kappa shape index (κ2) is 6.99. The van der Waals surface area contributed by atoms with Gasteiger partial charge in [-0.2, -0.15) is 5.10 Å². The maximum atomic E-state index is 6.67. The minimum Gasteiger partial charge on any atom is -0.221 e. The number of nitrogens with zero attached hydrogens (tertiary/aromatic N) is 2. The molecule has 5 heteroatoms. The maximum Gasteiger partial charge on any atom is 0.136 e. The predicted molar refractivity (Wildman–Crippen MR) is 115 cm³/mol. The van der Waals surface area contributed by atoms with Gasteiger partial charge in [-0.1, -0.05) is 42.5 Å². The van der Waals surface area contributed by atoms with Crippen LogP contribution in [0.3, 0.4) is 0 Å². The molecule has 0 bridgehead atoms. The van der Waals surface area contributed by atoms with Crippen LogP contribution in [-0.4, -0.2) is 29.4 Å². The Hall–Kier alpha value is -0.950. The van der Waals surface area contributed by atoms with Crippen molar-refractivity contribution in [2.24, 2.45) is 0 Å². The van der Waals surface area contributed by atoms with Gasteiger partial charge < -0.3 is 0 Å². The van der Waals surface area contributed by atoms with Gasteiger partial charge in [0.15, 0.2) is 0 Å². The van der Waals surface area contributed by atoms with Gasteiger partial charge in [0.25, 0.3) is 0 Å². The van der Waals surface area contributed by atoms with E-state index in [0.717, 1.165) is 45.5 Å². The normalized spacial score (nSPS) is 15.4. The molecule has 0 fully saturated rings. The van der Waals surface area contributed by atoms with Gasteiger partial charge in [-0.3, -0.25) is 0 Å². The summed E-state index contributed by atoms with van der Waals surface area (Å²) in [6.45, 7) is 7.30. The molecule has 1 heterocycles. The molecule has 1 aromatic carbocycles. The standard InChI is InChI=1S/C20H25Cl2N2P/c1-13-10-17(21)15(11-14(2)25(3,4)5)12-19(13)24-20(22)16-8-6-7-9-18(16)23-24/h10-12H,3,6-9H2,1-2,4-5H3. The van der Waals surface area contributed by atoms with E-state index in [0.29, 0.717) is 0 Å². The van der Waals surface area contributed by atoms with Gasteiger partial charge >= 0.3 is 0 Å². The average Bonchev–Trinajstić information content (AvgIpc) is 2.86. The summed E-state index contributed by atoms with van der Waals surface area (Å²) in [5, 5.41) is 7.58. The zero-order chi connectivity index (χ0) is 18.4. The van der Waals surface area contributed by atoms with E-state index in [1.54, 1.807) is 0 Å². The second-order valence-corrected chi connectivity index (χ2v) is 12.3. The van der Waals surface area contributed by atoms with Crippen molar-refractivity contribution in [1.82, 2.24) is 9.78 Å². The molecule has 0 spiro atoms. The fraction of sp³-hybridized carbons (Fsp3) is 0.400. The van der Waals surface area contributed by atoms with Crippen molar-refractivity contribution < 1.29 is 0 Å². The van der Waals surface area contributed by atoms with Crippen LogP contribution in [0.5, 0.6) is 0 Å². The van der Waals surface area contributed by atoms with Crippen LogP contribution in [0.1, 0.15) is 42.1 Å². The molecule has 0 N–H and O–H groups in total. The van der Waals surface area contributed by atoms with Crippen molar-refractivity contribution in [2.45, 2.75) is 39.5 Å². The Morgan fingerprint density at radius 2 is 1.92 bits per heavy atom. The Morgan fingerprint density at radius 1 is 1.24 bits per heavy atom. The molecule has 3 rings (SSSR count). The molecule has 0 aliphatic heterocycles. The number of halogens is 2. The number of aryl methyl sites for hydroxylation is 2. The van der Waals surface area contributed by atoms with Gasteiger partial charge in [0.2, 0.25) is 0 Å². The zero-order valence-electron chi connectivity index (χ0n) is 15.4. The smallest absolute Gasteiger partial charge is 0.136 e. The molecule has 0 unspecified atom stereocenters. The largest absolute Gasteiger partial charge is 0.221 e. The lowest BCUT2D eigenvalue weighted by Crippen LogP contribution is -2.01. The summed E-state index contributed by atoms with van der Waals surface area (Å²) in [6.07, 6.45) is 10.9. The number of rotatable bonds is 3. The Kier molecular flexibility index (Phi) is 5.26. The van der Waals surface area contributed by atoms with Crippen LogP contribution in [0, 0.1) is 6.92 Å². The number of allylic oxidation sites excluding steroid dienone is 1. The van der Waals surface area contributed by atoms with Crippen LogP contribution in [0.25, 0.3) is 11.8 Å². The molecule has 0 saturated carbocycles. The first-order chi connectivity index (χ1) is 11.7. The molecule has 0 saturated heterocycles. The number of hydrogen-bond donors (Lipinski definition) is 0. The van der Waals surface area contributed by atoms with E-state index in [-0.39, 0.29) is 0 Å². The van der Waals surface area contributed by atoms with Crippen molar-refractivity contribution in [3.05, 3.63) is 50.0 Å². The Bertz CT molecular complexity index is 903. The van der Waals surface area contributed by atoms with E-state index < -0.39 is 6.89 Å². The topological polar surface area (TPSA) is 17.8 Å². The van der Waals surface area contributed by atoms with Crippen LogP contribution < -0.4 is 0 Å². The number of benzene rings is 1.